The molecule has 2 aliphatic heterocycles. The summed E-state index contributed by atoms with van der Waals surface area (Å²) in [4.78, 5) is 41.0. The van der Waals surface area contributed by atoms with Crippen molar-refractivity contribution in [2.24, 2.45) is 7.05 Å². The van der Waals surface area contributed by atoms with E-state index in [1.807, 2.05) is 7.05 Å². The third-order valence-electron chi connectivity index (χ3n) is 8.82. The van der Waals surface area contributed by atoms with Crippen LogP contribution in [0.5, 0.6) is 5.88 Å². The van der Waals surface area contributed by atoms with Gasteiger partial charge in [0.05, 0.1) is 51.6 Å². The lowest BCUT2D eigenvalue weighted by Crippen LogP contribution is -2.35. The molecule has 1 saturated heterocycles. The number of ether oxygens (including phenoxy) is 1. The summed E-state index contributed by atoms with van der Waals surface area (Å²) >= 11 is 20.6. The average Bonchev–Trinajstić information content (AvgIpc) is 3.67. The van der Waals surface area contributed by atoms with Crippen molar-refractivity contribution in [1.29, 1.82) is 0 Å². The lowest BCUT2D eigenvalue weighted by atomic mass is 10.1. The Hall–Kier alpha value is -3.81. The quantitative estimate of drug-likeness (QED) is 0.166. The Morgan fingerprint density at radius 2 is 1.98 bits per heavy atom. The number of imidazole rings is 1. The SMILES string of the molecule is COc1nc(-c2ccnc(-c3cccc(NC(=O)c4nc5c(n4C)CCN(CCCF)C5)c3Cl)c2Cl)cc(Cl)c1CNC[C@H]1CCC(=O)N1. The molecule has 15 heteroatoms. The van der Waals surface area contributed by atoms with Gasteiger partial charge in [-0.15, -0.1) is 0 Å². The van der Waals surface area contributed by atoms with E-state index in [9.17, 15) is 14.0 Å². The minimum Gasteiger partial charge on any atom is -0.481 e. The molecule has 11 nitrogen and oxygen atoms in total. The van der Waals surface area contributed by atoms with Crippen molar-refractivity contribution in [3.8, 4) is 28.4 Å². The first kappa shape index (κ1) is 35.0. The van der Waals surface area contributed by atoms with E-state index in [1.54, 1.807) is 41.1 Å². The van der Waals surface area contributed by atoms with Crippen LogP contribution in [0.3, 0.4) is 0 Å². The highest BCUT2D eigenvalue weighted by Gasteiger charge is 2.27. The normalized spacial score (nSPS) is 16.0. The van der Waals surface area contributed by atoms with Gasteiger partial charge in [-0.2, -0.15) is 0 Å². The van der Waals surface area contributed by atoms with Crippen LogP contribution in [-0.4, -0.2) is 75.7 Å². The molecule has 6 rings (SSSR count). The molecular weight excluding hydrogens is 694 g/mol. The molecule has 2 aliphatic rings. The van der Waals surface area contributed by atoms with Crippen molar-refractivity contribution in [2.45, 2.75) is 44.8 Å². The second kappa shape index (κ2) is 15.4. The van der Waals surface area contributed by atoms with Crippen LogP contribution in [-0.2, 0) is 31.4 Å². The fourth-order valence-corrected chi connectivity index (χ4v) is 7.09. The van der Waals surface area contributed by atoms with E-state index in [4.69, 9.17) is 44.5 Å². The van der Waals surface area contributed by atoms with E-state index >= 15 is 0 Å². The lowest BCUT2D eigenvalue weighted by molar-refractivity contribution is -0.119. The van der Waals surface area contributed by atoms with Gasteiger partial charge < -0.3 is 25.3 Å². The summed E-state index contributed by atoms with van der Waals surface area (Å²) in [6.07, 6.45) is 4.11. The molecule has 1 fully saturated rings. The number of amides is 2. The molecule has 0 spiro atoms. The van der Waals surface area contributed by atoms with E-state index < -0.39 is 5.91 Å². The van der Waals surface area contributed by atoms with Gasteiger partial charge in [0, 0.05) is 87.2 Å². The van der Waals surface area contributed by atoms with Crippen LogP contribution in [0.4, 0.5) is 10.1 Å². The van der Waals surface area contributed by atoms with Gasteiger partial charge >= 0.3 is 0 Å². The highest BCUT2D eigenvalue weighted by atomic mass is 35.5. The molecule has 4 aromatic rings. The first-order valence-electron chi connectivity index (χ1n) is 16.0. The molecule has 0 unspecified atom stereocenters. The molecule has 1 atom stereocenters. The molecule has 5 heterocycles. The number of rotatable bonds is 12. The Labute approximate surface area is 298 Å². The van der Waals surface area contributed by atoms with Crippen molar-refractivity contribution < 1.29 is 18.7 Å². The number of nitrogens with zero attached hydrogens (tertiary/aromatic N) is 5. The van der Waals surface area contributed by atoms with Gasteiger partial charge in [0.15, 0.2) is 5.82 Å². The monoisotopic (exact) mass is 728 g/mol. The van der Waals surface area contributed by atoms with E-state index in [0.29, 0.717) is 83.7 Å². The van der Waals surface area contributed by atoms with Crippen LogP contribution in [0.15, 0.2) is 36.5 Å². The topological polar surface area (TPSA) is 126 Å². The first-order valence-corrected chi connectivity index (χ1v) is 17.1. The molecule has 3 N–H and O–H groups in total. The Morgan fingerprint density at radius 3 is 2.73 bits per heavy atom. The average molecular weight is 730 g/mol. The largest absolute Gasteiger partial charge is 0.481 e. The molecule has 0 radical (unpaired) electrons. The van der Waals surface area contributed by atoms with Gasteiger partial charge in [-0.25, -0.2) is 9.97 Å². The molecule has 1 aromatic carbocycles. The number of fused-ring (bicyclic) bond motifs is 1. The van der Waals surface area contributed by atoms with Gasteiger partial charge in [-0.1, -0.05) is 46.9 Å². The van der Waals surface area contributed by atoms with Gasteiger partial charge in [0.25, 0.3) is 5.91 Å². The third kappa shape index (κ3) is 7.53. The molecule has 2 amide bonds. The van der Waals surface area contributed by atoms with Gasteiger partial charge in [-0.3, -0.25) is 23.9 Å². The smallest absolute Gasteiger partial charge is 0.291 e. The number of nitrogens with one attached hydrogen (secondary N) is 3. The Bertz CT molecular complexity index is 1890. The van der Waals surface area contributed by atoms with E-state index in [0.717, 1.165) is 30.8 Å². The second-order valence-electron chi connectivity index (χ2n) is 12.0. The minimum absolute atomic E-state index is 0.0581. The van der Waals surface area contributed by atoms with Crippen molar-refractivity contribution >= 4 is 52.3 Å². The third-order valence-corrected chi connectivity index (χ3v) is 9.94. The van der Waals surface area contributed by atoms with Crippen molar-refractivity contribution in [2.75, 3.05) is 38.7 Å². The lowest BCUT2D eigenvalue weighted by Gasteiger charge is -2.26. The van der Waals surface area contributed by atoms with Crippen LogP contribution in [0.25, 0.3) is 22.5 Å². The molecule has 0 saturated carbocycles. The second-order valence-corrected chi connectivity index (χ2v) is 13.2. The minimum atomic E-state index is -0.410. The van der Waals surface area contributed by atoms with Crippen LogP contribution >= 0.6 is 34.8 Å². The summed E-state index contributed by atoms with van der Waals surface area (Å²) in [5, 5.41) is 10.1. The fourth-order valence-electron chi connectivity index (χ4n) is 6.27. The maximum Gasteiger partial charge on any atom is 0.291 e. The summed E-state index contributed by atoms with van der Waals surface area (Å²) in [5.74, 6) is 0.249. The Balaban J connectivity index is 1.22. The number of alkyl halides is 1. The standard InChI is InChI=1S/C34H36Cl3FN8O3/c1-45-27-10-14-46(13-4-11-38)18-26(27)42-32(45)33(48)43-24-6-3-5-21(29(24)36)31-30(37)20(9-12-40-31)25-15-23(35)22(34(44-25)49-2)17-39-16-19-7-8-28(47)41-19/h3,5-6,9,12,15,19,39H,4,7-8,10-11,13-14,16-18H2,1-2H3,(H,41,47)(H,43,48)/t19-/m1/s1. The number of halogens is 4. The summed E-state index contributed by atoms with van der Waals surface area (Å²) < 4.78 is 20.1. The fraction of sp³-hybridized carbons (Fsp3) is 0.382. The molecule has 49 heavy (non-hydrogen) atoms. The molecule has 0 aliphatic carbocycles. The molecular formula is C34H36Cl3FN8O3. The number of pyridine rings is 2. The number of benzene rings is 1. The molecule has 258 valence electrons. The number of hydrogen-bond donors (Lipinski definition) is 3. The number of methoxy groups -OCH3 is 1. The van der Waals surface area contributed by atoms with Crippen LogP contribution in [0.1, 0.15) is 46.8 Å². The van der Waals surface area contributed by atoms with Crippen LogP contribution < -0.4 is 20.7 Å². The van der Waals surface area contributed by atoms with Gasteiger partial charge in [0.2, 0.25) is 11.8 Å². The predicted octanol–water partition coefficient (Wildman–Crippen LogP) is 5.85. The van der Waals surface area contributed by atoms with Crippen LogP contribution in [0, 0.1) is 0 Å². The van der Waals surface area contributed by atoms with Crippen molar-refractivity contribution in [3.63, 3.8) is 0 Å². The predicted molar refractivity (Wildman–Crippen MR) is 188 cm³/mol. The molecule has 3 aromatic heterocycles. The van der Waals surface area contributed by atoms with Crippen molar-refractivity contribution in [3.05, 3.63) is 74.4 Å². The number of carbonyl (C=O) groups excluding carboxylic acids is 2. The zero-order valence-electron chi connectivity index (χ0n) is 27.1. The summed E-state index contributed by atoms with van der Waals surface area (Å²) in [5.41, 5.74) is 4.79. The van der Waals surface area contributed by atoms with Gasteiger partial charge in [-0.05, 0) is 31.0 Å². The van der Waals surface area contributed by atoms with Crippen LogP contribution in [0.2, 0.25) is 15.1 Å². The summed E-state index contributed by atoms with van der Waals surface area (Å²) in [6, 6.07) is 8.74. The number of carbonyl (C=O) groups is 2. The Kier molecular flexibility index (Phi) is 11.0. The van der Waals surface area contributed by atoms with Crippen molar-refractivity contribution in [1.82, 2.24) is 35.1 Å². The summed E-state index contributed by atoms with van der Waals surface area (Å²) in [7, 11) is 3.34. The van der Waals surface area contributed by atoms with E-state index in [2.05, 4.69) is 30.8 Å². The van der Waals surface area contributed by atoms with Gasteiger partial charge in [0.1, 0.15) is 0 Å². The summed E-state index contributed by atoms with van der Waals surface area (Å²) in [6.45, 7) is 2.63. The zero-order valence-corrected chi connectivity index (χ0v) is 29.4. The number of hydrogen-bond acceptors (Lipinski definition) is 8. The highest BCUT2D eigenvalue weighted by Crippen LogP contribution is 2.41. The van der Waals surface area contributed by atoms with E-state index in [1.165, 1.54) is 7.11 Å². The Morgan fingerprint density at radius 1 is 1.14 bits per heavy atom. The first-order chi connectivity index (χ1) is 23.7. The zero-order chi connectivity index (χ0) is 34.7. The van der Waals surface area contributed by atoms with E-state index in [-0.39, 0.29) is 34.5 Å². The highest BCUT2D eigenvalue weighted by molar-refractivity contribution is 6.39. The number of anilines is 1. The molecule has 0 bridgehead atoms. The number of aromatic nitrogens is 4. The maximum absolute atomic E-state index is 13.5. The maximum atomic E-state index is 13.5.